The molecule has 0 aliphatic carbocycles. The summed E-state index contributed by atoms with van der Waals surface area (Å²) in [5.74, 6) is -0.358. The molecule has 0 aliphatic rings. The fourth-order valence-corrected chi connectivity index (χ4v) is 4.68. The van der Waals surface area contributed by atoms with Crippen LogP contribution in [0.3, 0.4) is 0 Å². The summed E-state index contributed by atoms with van der Waals surface area (Å²) in [5.41, 5.74) is 1.46. The van der Waals surface area contributed by atoms with Crippen LogP contribution >= 0.6 is 34.5 Å². The summed E-state index contributed by atoms with van der Waals surface area (Å²) in [4.78, 5) is 26.0. The number of benzene rings is 1. The number of furan rings is 1. The minimum atomic E-state index is -0.577. The van der Waals surface area contributed by atoms with Crippen molar-refractivity contribution in [1.29, 1.82) is 0 Å². The Hall–Kier alpha value is -3.07. The zero-order valence-corrected chi connectivity index (χ0v) is 19.2. The van der Waals surface area contributed by atoms with Crippen LogP contribution in [0, 0.1) is 6.92 Å². The van der Waals surface area contributed by atoms with E-state index in [1.165, 1.54) is 17.6 Å². The Bertz CT molecular complexity index is 1270. The molecule has 0 spiro atoms. The first-order chi connectivity index (χ1) is 15.4. The van der Waals surface area contributed by atoms with Crippen molar-refractivity contribution < 1.29 is 23.3 Å². The highest BCUT2D eigenvalue weighted by atomic mass is 35.5. The number of hydrogen-bond acceptors (Lipinski definition) is 7. The van der Waals surface area contributed by atoms with E-state index in [4.69, 9.17) is 36.9 Å². The van der Waals surface area contributed by atoms with Crippen molar-refractivity contribution in [3.63, 3.8) is 0 Å². The lowest BCUT2D eigenvalue weighted by Gasteiger charge is -2.09. The Morgan fingerprint density at radius 1 is 1.16 bits per heavy atom. The number of halogens is 2. The number of anilines is 1. The number of hydrogen-bond donors (Lipinski definition) is 1. The molecule has 7 nitrogen and oxygen atoms in total. The molecule has 0 aliphatic heterocycles. The zero-order chi connectivity index (χ0) is 22.8. The summed E-state index contributed by atoms with van der Waals surface area (Å²) < 4.78 is 15.9. The fourth-order valence-electron chi connectivity index (χ4n) is 3.17. The normalized spacial score (nSPS) is 10.9. The SMILES string of the molecule is CCOC(=O)c1c(-c2ccco2)csc1NC(=O)c1c(-c2c(Cl)cccc2Cl)noc1C. The van der Waals surface area contributed by atoms with Gasteiger partial charge in [-0.25, -0.2) is 4.79 Å². The van der Waals surface area contributed by atoms with E-state index in [0.717, 1.165) is 0 Å². The van der Waals surface area contributed by atoms with Crippen LogP contribution in [-0.2, 0) is 4.74 Å². The van der Waals surface area contributed by atoms with Gasteiger partial charge in [-0.3, -0.25) is 4.79 Å². The summed E-state index contributed by atoms with van der Waals surface area (Å²) in [6.45, 7) is 3.49. The van der Waals surface area contributed by atoms with Crippen molar-refractivity contribution in [2.45, 2.75) is 13.8 Å². The molecule has 4 aromatic rings. The predicted octanol–water partition coefficient (Wildman–Crippen LogP) is 6.71. The number of thiophene rings is 1. The number of aryl methyl sites for hydroxylation is 1. The predicted molar refractivity (Wildman–Crippen MR) is 123 cm³/mol. The molecule has 0 bridgehead atoms. The van der Waals surface area contributed by atoms with Gasteiger partial charge in [0.1, 0.15) is 33.3 Å². The maximum Gasteiger partial charge on any atom is 0.341 e. The highest BCUT2D eigenvalue weighted by Gasteiger charge is 2.28. The maximum atomic E-state index is 13.3. The molecule has 0 unspecified atom stereocenters. The number of carbonyl (C=O) groups excluding carboxylic acids is 2. The van der Waals surface area contributed by atoms with Gasteiger partial charge < -0.3 is 19.0 Å². The number of carbonyl (C=O) groups is 2. The second-order valence-electron chi connectivity index (χ2n) is 6.56. The Morgan fingerprint density at radius 2 is 1.91 bits per heavy atom. The van der Waals surface area contributed by atoms with Gasteiger partial charge in [0.25, 0.3) is 5.91 Å². The molecule has 1 amide bonds. The van der Waals surface area contributed by atoms with E-state index in [-0.39, 0.29) is 29.2 Å². The van der Waals surface area contributed by atoms with Crippen molar-refractivity contribution in [3.8, 4) is 22.6 Å². The molecule has 4 rings (SSSR count). The van der Waals surface area contributed by atoms with Crippen LogP contribution < -0.4 is 5.32 Å². The van der Waals surface area contributed by atoms with Gasteiger partial charge in [-0.15, -0.1) is 11.3 Å². The molecule has 0 atom stereocenters. The summed E-state index contributed by atoms with van der Waals surface area (Å²) in [5, 5.41) is 9.43. The van der Waals surface area contributed by atoms with Crippen molar-refractivity contribution >= 4 is 51.4 Å². The third kappa shape index (κ3) is 4.04. The van der Waals surface area contributed by atoms with Gasteiger partial charge in [0, 0.05) is 16.5 Å². The number of amides is 1. The zero-order valence-electron chi connectivity index (χ0n) is 16.9. The summed E-state index contributed by atoms with van der Waals surface area (Å²) in [6.07, 6.45) is 1.50. The van der Waals surface area contributed by atoms with Crippen LogP contribution in [0.25, 0.3) is 22.6 Å². The molecule has 0 fully saturated rings. The molecule has 3 heterocycles. The molecule has 32 heavy (non-hydrogen) atoms. The number of nitrogens with zero attached hydrogens (tertiary/aromatic N) is 1. The van der Waals surface area contributed by atoms with E-state index in [1.54, 1.807) is 49.6 Å². The van der Waals surface area contributed by atoms with E-state index < -0.39 is 11.9 Å². The van der Waals surface area contributed by atoms with E-state index in [0.29, 0.717) is 31.9 Å². The molecule has 0 saturated carbocycles. The average molecular weight is 491 g/mol. The number of aromatic nitrogens is 1. The van der Waals surface area contributed by atoms with Crippen molar-refractivity contribution in [2.75, 3.05) is 11.9 Å². The van der Waals surface area contributed by atoms with Crippen LogP contribution in [0.5, 0.6) is 0 Å². The van der Waals surface area contributed by atoms with Crippen molar-refractivity contribution in [1.82, 2.24) is 5.16 Å². The Balaban J connectivity index is 1.75. The quantitative estimate of drug-likeness (QED) is 0.302. The number of esters is 1. The topological polar surface area (TPSA) is 94.6 Å². The summed E-state index contributed by atoms with van der Waals surface area (Å²) in [6, 6.07) is 8.40. The molecule has 3 aromatic heterocycles. The number of nitrogens with one attached hydrogen (secondary N) is 1. The number of rotatable bonds is 6. The monoisotopic (exact) mass is 490 g/mol. The first-order valence-corrected chi connectivity index (χ1v) is 11.1. The van der Waals surface area contributed by atoms with E-state index in [2.05, 4.69) is 10.5 Å². The average Bonchev–Trinajstić information content (AvgIpc) is 3.48. The second-order valence-corrected chi connectivity index (χ2v) is 8.26. The third-order valence-corrected chi connectivity index (χ3v) is 6.10. The van der Waals surface area contributed by atoms with E-state index in [1.807, 2.05) is 0 Å². The largest absolute Gasteiger partial charge is 0.464 e. The minimum absolute atomic E-state index is 0.155. The van der Waals surface area contributed by atoms with Crippen molar-refractivity contribution in [2.24, 2.45) is 0 Å². The molecule has 1 aromatic carbocycles. The second kappa shape index (κ2) is 9.20. The van der Waals surface area contributed by atoms with Crippen molar-refractivity contribution in [3.05, 3.63) is 68.9 Å². The van der Waals surface area contributed by atoms with Gasteiger partial charge in [-0.1, -0.05) is 34.4 Å². The lowest BCUT2D eigenvalue weighted by Crippen LogP contribution is -2.16. The third-order valence-electron chi connectivity index (χ3n) is 4.57. The first kappa shape index (κ1) is 22.1. The van der Waals surface area contributed by atoms with Gasteiger partial charge >= 0.3 is 5.97 Å². The van der Waals surface area contributed by atoms with Gasteiger partial charge in [0.15, 0.2) is 0 Å². The van der Waals surface area contributed by atoms with Gasteiger partial charge in [0.2, 0.25) is 0 Å². The van der Waals surface area contributed by atoms with Crippen LogP contribution in [0.15, 0.2) is 50.9 Å². The maximum absolute atomic E-state index is 13.3. The molecular formula is C22H16Cl2N2O5S. The van der Waals surface area contributed by atoms with Gasteiger partial charge in [0.05, 0.1) is 22.9 Å². The Kier molecular flexibility index (Phi) is 6.36. The standard InChI is InChI=1S/C22H16Cl2N2O5S/c1-3-29-22(28)17-12(15-8-5-9-30-15)10-32-21(17)25-20(27)16-11(2)31-26-19(16)18-13(23)6-4-7-14(18)24/h4-10H,3H2,1-2H3,(H,25,27). The lowest BCUT2D eigenvalue weighted by molar-refractivity contribution is 0.0529. The fraction of sp³-hybridized carbons (Fsp3) is 0.136. The molecule has 164 valence electrons. The summed E-state index contributed by atoms with van der Waals surface area (Å²) in [7, 11) is 0. The van der Waals surface area contributed by atoms with Crippen LogP contribution in [0.2, 0.25) is 10.0 Å². The van der Waals surface area contributed by atoms with Crippen LogP contribution in [0.1, 0.15) is 33.4 Å². The lowest BCUT2D eigenvalue weighted by atomic mass is 10.1. The van der Waals surface area contributed by atoms with Gasteiger partial charge in [-0.05, 0) is 38.1 Å². The highest BCUT2D eigenvalue weighted by molar-refractivity contribution is 7.15. The number of ether oxygens (including phenoxy) is 1. The Morgan fingerprint density at radius 3 is 2.56 bits per heavy atom. The van der Waals surface area contributed by atoms with Crippen LogP contribution in [-0.4, -0.2) is 23.6 Å². The molecule has 0 radical (unpaired) electrons. The molecule has 0 saturated heterocycles. The Labute approximate surface area is 196 Å². The highest BCUT2D eigenvalue weighted by Crippen LogP contribution is 2.39. The van der Waals surface area contributed by atoms with Gasteiger partial charge in [-0.2, -0.15) is 0 Å². The summed E-state index contributed by atoms with van der Waals surface area (Å²) >= 11 is 13.8. The van der Waals surface area contributed by atoms with E-state index in [9.17, 15) is 9.59 Å². The van der Waals surface area contributed by atoms with Crippen LogP contribution in [0.4, 0.5) is 5.00 Å². The molecule has 1 N–H and O–H groups in total. The molecular weight excluding hydrogens is 475 g/mol. The first-order valence-electron chi connectivity index (χ1n) is 9.46. The van der Waals surface area contributed by atoms with E-state index >= 15 is 0 Å². The molecule has 10 heteroatoms. The smallest absolute Gasteiger partial charge is 0.341 e. The minimum Gasteiger partial charge on any atom is -0.464 e.